The van der Waals surface area contributed by atoms with E-state index in [1.54, 1.807) is 0 Å². The summed E-state index contributed by atoms with van der Waals surface area (Å²) in [6.07, 6.45) is 6.52. The van der Waals surface area contributed by atoms with Gasteiger partial charge in [0, 0.05) is 0 Å². The van der Waals surface area contributed by atoms with E-state index in [9.17, 15) is 5.11 Å². The zero-order valence-corrected chi connectivity index (χ0v) is 15.0. The van der Waals surface area contributed by atoms with Gasteiger partial charge in [-0.05, 0) is 49.0 Å². The first-order valence-corrected chi connectivity index (χ1v) is 8.40. The van der Waals surface area contributed by atoms with Crippen LogP contribution in [0.15, 0.2) is 71.8 Å². The second-order valence-corrected chi connectivity index (χ2v) is 5.85. The first-order valence-electron chi connectivity index (χ1n) is 8.40. The zero-order chi connectivity index (χ0) is 18.1. The van der Waals surface area contributed by atoms with E-state index >= 15 is 0 Å². The van der Waals surface area contributed by atoms with Crippen molar-refractivity contribution in [3.63, 3.8) is 0 Å². The minimum atomic E-state index is -1.39. The molecule has 0 atom stereocenters. The number of ether oxygens (including phenoxy) is 1. The molecule has 0 saturated carbocycles. The van der Waals surface area contributed by atoms with Gasteiger partial charge < -0.3 is 9.84 Å². The van der Waals surface area contributed by atoms with Gasteiger partial charge in [0.1, 0.15) is 6.11 Å². The maximum atomic E-state index is 11.3. The molecule has 1 N–H and O–H groups in total. The smallest absolute Gasteiger partial charge is 0.172 e. The molecule has 2 rings (SSSR count). The third kappa shape index (κ3) is 5.11. The van der Waals surface area contributed by atoms with Crippen molar-refractivity contribution in [2.45, 2.75) is 26.4 Å². The summed E-state index contributed by atoms with van der Waals surface area (Å²) in [5.74, 6) is 2.88. The third-order valence-corrected chi connectivity index (χ3v) is 3.96. The number of hydrogen-bond donors (Lipinski definition) is 1. The van der Waals surface area contributed by atoms with Crippen molar-refractivity contribution in [2.75, 3.05) is 6.61 Å². The van der Waals surface area contributed by atoms with Gasteiger partial charge in [0.15, 0.2) is 5.60 Å². The second-order valence-electron chi connectivity index (χ2n) is 5.85. The highest BCUT2D eigenvalue weighted by Gasteiger charge is 2.29. The summed E-state index contributed by atoms with van der Waals surface area (Å²) in [7, 11) is 0. The Bertz CT molecular complexity index is 735. The molecule has 0 radical (unpaired) electrons. The molecular weight excluding hydrogens is 308 g/mol. The summed E-state index contributed by atoms with van der Waals surface area (Å²) in [5, 5.41) is 11.3. The SMILES string of the molecule is CCOC#CC(O)(/C(C)=C/c1ccccc1)/C(C)=C/c1ccccc1. The fourth-order valence-electron chi connectivity index (χ4n) is 2.50. The fourth-order valence-corrected chi connectivity index (χ4v) is 2.50. The van der Waals surface area contributed by atoms with Gasteiger partial charge >= 0.3 is 0 Å². The Morgan fingerprint density at radius 3 is 1.76 bits per heavy atom. The van der Waals surface area contributed by atoms with E-state index in [-0.39, 0.29) is 0 Å². The van der Waals surface area contributed by atoms with Crippen molar-refractivity contribution < 1.29 is 9.84 Å². The van der Waals surface area contributed by atoms with Gasteiger partial charge in [-0.1, -0.05) is 72.8 Å². The summed E-state index contributed by atoms with van der Waals surface area (Å²) in [6.45, 7) is 6.12. The lowest BCUT2D eigenvalue weighted by Crippen LogP contribution is -2.29. The quantitative estimate of drug-likeness (QED) is 0.787. The van der Waals surface area contributed by atoms with Gasteiger partial charge in [-0.25, -0.2) is 0 Å². The normalized spacial score (nSPS) is 12.3. The van der Waals surface area contributed by atoms with Crippen molar-refractivity contribution in [1.82, 2.24) is 0 Å². The minimum absolute atomic E-state index is 0.478. The summed E-state index contributed by atoms with van der Waals surface area (Å²) in [5.41, 5.74) is 2.14. The Balaban J connectivity index is 2.45. The van der Waals surface area contributed by atoms with E-state index in [2.05, 4.69) is 12.0 Å². The third-order valence-electron chi connectivity index (χ3n) is 3.96. The number of benzene rings is 2. The molecule has 128 valence electrons. The molecule has 0 bridgehead atoms. The van der Waals surface area contributed by atoms with Crippen LogP contribution in [0, 0.1) is 12.0 Å². The Hall–Kier alpha value is -2.76. The molecule has 2 aromatic carbocycles. The van der Waals surface area contributed by atoms with Gasteiger partial charge in [-0.3, -0.25) is 0 Å². The van der Waals surface area contributed by atoms with E-state index < -0.39 is 5.60 Å². The van der Waals surface area contributed by atoms with Crippen LogP contribution in [0.4, 0.5) is 0 Å². The fraction of sp³-hybridized carbons (Fsp3) is 0.217. The minimum Gasteiger partial charge on any atom is -0.447 e. The average molecular weight is 332 g/mol. The van der Waals surface area contributed by atoms with Crippen LogP contribution < -0.4 is 0 Å². The number of rotatable bonds is 5. The molecule has 25 heavy (non-hydrogen) atoms. The second kappa shape index (κ2) is 8.92. The predicted molar refractivity (Wildman–Crippen MR) is 105 cm³/mol. The first-order chi connectivity index (χ1) is 12.1. The molecule has 0 aliphatic carbocycles. The van der Waals surface area contributed by atoms with E-state index in [4.69, 9.17) is 4.74 Å². The van der Waals surface area contributed by atoms with Gasteiger partial charge in [-0.2, -0.15) is 0 Å². The van der Waals surface area contributed by atoms with E-state index in [1.807, 2.05) is 93.6 Å². The first kappa shape index (κ1) is 18.6. The van der Waals surface area contributed by atoms with Crippen molar-refractivity contribution in [3.8, 4) is 12.0 Å². The highest BCUT2D eigenvalue weighted by Crippen LogP contribution is 2.28. The molecule has 0 unspecified atom stereocenters. The lowest BCUT2D eigenvalue weighted by molar-refractivity contribution is 0.178. The van der Waals surface area contributed by atoms with Crippen LogP contribution in [-0.4, -0.2) is 17.3 Å². The Kier molecular flexibility index (Phi) is 6.62. The summed E-state index contributed by atoms with van der Waals surface area (Å²) < 4.78 is 5.15. The van der Waals surface area contributed by atoms with Crippen molar-refractivity contribution in [2.24, 2.45) is 0 Å². The molecular formula is C23H24O2. The Labute approximate surface area is 150 Å². The highest BCUT2D eigenvalue weighted by molar-refractivity contribution is 5.64. The van der Waals surface area contributed by atoms with Crippen molar-refractivity contribution in [1.29, 1.82) is 0 Å². The van der Waals surface area contributed by atoms with Crippen LogP contribution in [0.25, 0.3) is 12.2 Å². The maximum Gasteiger partial charge on any atom is 0.172 e. The molecule has 0 heterocycles. The van der Waals surface area contributed by atoms with Gasteiger partial charge in [0.05, 0.1) is 6.61 Å². The standard InChI is InChI=1S/C23H24O2/c1-4-25-16-15-23(24,19(2)17-21-11-7-5-8-12-21)20(3)18-22-13-9-6-10-14-22/h5-14,17-18,24H,4H2,1-3H3/b19-17+,20-18+. The molecule has 0 aliphatic heterocycles. The van der Waals surface area contributed by atoms with Crippen LogP contribution in [0.5, 0.6) is 0 Å². The predicted octanol–water partition coefficient (Wildman–Crippen LogP) is 4.92. The van der Waals surface area contributed by atoms with Crippen LogP contribution in [0.3, 0.4) is 0 Å². The van der Waals surface area contributed by atoms with Crippen LogP contribution in [-0.2, 0) is 4.74 Å². The average Bonchev–Trinajstić information content (AvgIpc) is 2.63. The topological polar surface area (TPSA) is 29.5 Å². The Morgan fingerprint density at radius 1 is 0.920 bits per heavy atom. The van der Waals surface area contributed by atoms with Crippen LogP contribution >= 0.6 is 0 Å². The van der Waals surface area contributed by atoms with Gasteiger partial charge in [0.2, 0.25) is 0 Å². The maximum absolute atomic E-state index is 11.3. The Morgan fingerprint density at radius 2 is 1.36 bits per heavy atom. The van der Waals surface area contributed by atoms with E-state index in [1.165, 1.54) is 0 Å². The van der Waals surface area contributed by atoms with Crippen LogP contribution in [0.1, 0.15) is 31.9 Å². The number of aliphatic hydroxyl groups is 1. The van der Waals surface area contributed by atoms with Crippen molar-refractivity contribution >= 4 is 12.2 Å². The van der Waals surface area contributed by atoms with Gasteiger partial charge in [-0.15, -0.1) is 0 Å². The van der Waals surface area contributed by atoms with Crippen LogP contribution in [0.2, 0.25) is 0 Å². The highest BCUT2D eigenvalue weighted by atomic mass is 16.5. The number of hydrogen-bond acceptors (Lipinski definition) is 2. The van der Waals surface area contributed by atoms with E-state index in [0.29, 0.717) is 6.61 Å². The summed E-state index contributed by atoms with van der Waals surface area (Å²) >= 11 is 0. The molecule has 0 aromatic heterocycles. The molecule has 0 fully saturated rings. The molecule has 0 spiro atoms. The molecule has 0 aliphatic rings. The molecule has 0 amide bonds. The van der Waals surface area contributed by atoms with Gasteiger partial charge in [0.25, 0.3) is 0 Å². The lowest BCUT2D eigenvalue weighted by atomic mass is 9.86. The molecule has 2 nitrogen and oxygen atoms in total. The summed E-state index contributed by atoms with van der Waals surface area (Å²) in [4.78, 5) is 0. The summed E-state index contributed by atoms with van der Waals surface area (Å²) in [6, 6.07) is 19.8. The van der Waals surface area contributed by atoms with Crippen molar-refractivity contribution in [3.05, 3.63) is 82.9 Å². The zero-order valence-electron chi connectivity index (χ0n) is 15.0. The molecule has 0 saturated heterocycles. The largest absolute Gasteiger partial charge is 0.447 e. The van der Waals surface area contributed by atoms with E-state index in [0.717, 1.165) is 22.3 Å². The lowest BCUT2D eigenvalue weighted by Gasteiger charge is -2.25. The monoisotopic (exact) mass is 332 g/mol. The molecule has 2 heteroatoms. The molecule has 2 aromatic rings.